The molecule has 4 heteroatoms. The van der Waals surface area contributed by atoms with Crippen LogP contribution in [0, 0.1) is 5.92 Å². The van der Waals surface area contributed by atoms with Gasteiger partial charge in [-0.2, -0.15) is 0 Å². The van der Waals surface area contributed by atoms with Crippen molar-refractivity contribution in [3.05, 3.63) is 0 Å². The van der Waals surface area contributed by atoms with E-state index in [9.17, 15) is 4.79 Å². The molecule has 1 unspecified atom stereocenters. The summed E-state index contributed by atoms with van der Waals surface area (Å²) in [5, 5.41) is 0. The van der Waals surface area contributed by atoms with Crippen LogP contribution >= 0.6 is 0 Å². The van der Waals surface area contributed by atoms with Crippen LogP contribution in [0.2, 0.25) is 0 Å². The van der Waals surface area contributed by atoms with Crippen LogP contribution < -0.4 is 5.73 Å². The first-order valence-corrected chi connectivity index (χ1v) is 7.69. The number of rotatable bonds is 11. The average Bonchev–Trinajstić information content (AvgIpc) is 3.23. The van der Waals surface area contributed by atoms with Crippen LogP contribution in [0.15, 0.2) is 0 Å². The van der Waals surface area contributed by atoms with Gasteiger partial charge in [-0.1, -0.05) is 12.8 Å². The van der Waals surface area contributed by atoms with Crippen molar-refractivity contribution in [1.82, 2.24) is 4.90 Å². The first-order valence-electron chi connectivity index (χ1n) is 7.69. The largest absolute Gasteiger partial charge is 0.383 e. The van der Waals surface area contributed by atoms with Crippen molar-refractivity contribution in [3.63, 3.8) is 0 Å². The second-order valence-corrected chi connectivity index (χ2v) is 5.61. The van der Waals surface area contributed by atoms with Crippen molar-refractivity contribution in [1.29, 1.82) is 0 Å². The number of carbonyl (C=O) groups is 1. The first kappa shape index (κ1) is 16.4. The summed E-state index contributed by atoms with van der Waals surface area (Å²) in [6.07, 6.45) is 7.52. The molecule has 0 bridgehead atoms. The fourth-order valence-corrected chi connectivity index (χ4v) is 2.50. The Hall–Kier alpha value is -0.610. The van der Waals surface area contributed by atoms with Crippen molar-refractivity contribution < 1.29 is 9.53 Å². The zero-order valence-electron chi connectivity index (χ0n) is 12.6. The lowest BCUT2D eigenvalue weighted by atomic mass is 10.1. The summed E-state index contributed by atoms with van der Waals surface area (Å²) in [4.78, 5) is 14.3. The summed E-state index contributed by atoms with van der Waals surface area (Å²) in [5.74, 6) is 1.02. The first-order chi connectivity index (χ1) is 9.20. The molecule has 1 atom stereocenters. The molecule has 1 aliphatic rings. The molecule has 0 aromatic rings. The van der Waals surface area contributed by atoms with Gasteiger partial charge in [0.2, 0.25) is 5.91 Å². The van der Waals surface area contributed by atoms with Gasteiger partial charge >= 0.3 is 0 Å². The van der Waals surface area contributed by atoms with E-state index in [-0.39, 0.29) is 0 Å². The van der Waals surface area contributed by atoms with E-state index in [2.05, 4.69) is 6.92 Å². The van der Waals surface area contributed by atoms with E-state index in [0.717, 1.165) is 44.7 Å². The van der Waals surface area contributed by atoms with E-state index in [1.165, 1.54) is 12.8 Å². The number of nitrogens with two attached hydrogens (primary N) is 1. The minimum atomic E-state index is 0.296. The Kier molecular flexibility index (Phi) is 8.07. The molecule has 0 aliphatic heterocycles. The summed E-state index contributed by atoms with van der Waals surface area (Å²) in [6, 6.07) is 0.381. The van der Waals surface area contributed by atoms with Crippen molar-refractivity contribution in [2.45, 2.75) is 57.9 Å². The third-order valence-electron chi connectivity index (χ3n) is 4.00. The number of unbranched alkanes of at least 4 members (excludes halogenated alkanes) is 3. The molecule has 19 heavy (non-hydrogen) atoms. The predicted molar refractivity (Wildman–Crippen MR) is 77.9 cm³/mol. The van der Waals surface area contributed by atoms with E-state index >= 15 is 0 Å². The number of amides is 1. The zero-order chi connectivity index (χ0) is 14.1. The summed E-state index contributed by atoms with van der Waals surface area (Å²) in [6.45, 7) is 4.30. The van der Waals surface area contributed by atoms with Gasteiger partial charge in [0.15, 0.2) is 0 Å². The summed E-state index contributed by atoms with van der Waals surface area (Å²) in [5.41, 5.74) is 5.46. The van der Waals surface area contributed by atoms with Crippen molar-refractivity contribution in [3.8, 4) is 0 Å². The average molecular weight is 270 g/mol. The quantitative estimate of drug-likeness (QED) is 0.585. The van der Waals surface area contributed by atoms with Gasteiger partial charge in [0.1, 0.15) is 0 Å². The molecule has 1 rings (SSSR count). The van der Waals surface area contributed by atoms with Crippen LogP contribution in [0.1, 0.15) is 51.9 Å². The Morgan fingerprint density at radius 2 is 2.00 bits per heavy atom. The fraction of sp³-hybridized carbons (Fsp3) is 0.933. The zero-order valence-corrected chi connectivity index (χ0v) is 12.6. The molecular formula is C15H30N2O2. The van der Waals surface area contributed by atoms with E-state index in [0.29, 0.717) is 25.0 Å². The lowest BCUT2D eigenvalue weighted by molar-refractivity contribution is -0.134. The van der Waals surface area contributed by atoms with Crippen LogP contribution in [0.3, 0.4) is 0 Å². The molecule has 1 amide bonds. The molecule has 1 saturated carbocycles. The molecule has 0 radical (unpaired) electrons. The van der Waals surface area contributed by atoms with Crippen molar-refractivity contribution in [2.75, 3.05) is 26.8 Å². The van der Waals surface area contributed by atoms with Crippen LogP contribution in [0.4, 0.5) is 0 Å². The van der Waals surface area contributed by atoms with Gasteiger partial charge < -0.3 is 15.4 Å². The number of ether oxygens (including phenoxy) is 1. The number of hydrogen-bond acceptors (Lipinski definition) is 3. The van der Waals surface area contributed by atoms with Gasteiger partial charge in [-0.15, -0.1) is 0 Å². The second-order valence-electron chi connectivity index (χ2n) is 5.61. The van der Waals surface area contributed by atoms with E-state index in [1.54, 1.807) is 7.11 Å². The highest BCUT2D eigenvalue weighted by molar-refractivity contribution is 5.76. The van der Waals surface area contributed by atoms with E-state index in [1.807, 2.05) is 4.90 Å². The molecule has 1 aliphatic carbocycles. The monoisotopic (exact) mass is 270 g/mol. The summed E-state index contributed by atoms with van der Waals surface area (Å²) < 4.78 is 5.12. The lowest BCUT2D eigenvalue weighted by Crippen LogP contribution is -2.41. The van der Waals surface area contributed by atoms with Crippen molar-refractivity contribution in [2.24, 2.45) is 11.7 Å². The van der Waals surface area contributed by atoms with Crippen LogP contribution in [-0.4, -0.2) is 43.7 Å². The molecule has 0 heterocycles. The summed E-state index contributed by atoms with van der Waals surface area (Å²) in [7, 11) is 1.69. The number of carbonyl (C=O) groups excluding carboxylic acids is 1. The fourth-order valence-electron chi connectivity index (χ4n) is 2.50. The number of methoxy groups -OCH3 is 1. The molecular weight excluding hydrogens is 240 g/mol. The third-order valence-corrected chi connectivity index (χ3v) is 4.00. The van der Waals surface area contributed by atoms with Gasteiger partial charge in [-0.3, -0.25) is 4.79 Å². The minimum absolute atomic E-state index is 0.296. The van der Waals surface area contributed by atoms with Gasteiger partial charge in [-0.25, -0.2) is 0 Å². The maximum absolute atomic E-state index is 12.3. The van der Waals surface area contributed by atoms with Crippen LogP contribution in [-0.2, 0) is 9.53 Å². The molecule has 0 saturated heterocycles. The Balaban J connectivity index is 2.29. The van der Waals surface area contributed by atoms with Gasteiger partial charge in [0.25, 0.3) is 0 Å². The normalized spacial score (nSPS) is 16.4. The molecule has 2 N–H and O–H groups in total. The lowest BCUT2D eigenvalue weighted by Gasteiger charge is -2.29. The molecule has 112 valence electrons. The predicted octanol–water partition coefficient (Wildman–Crippen LogP) is 2.17. The van der Waals surface area contributed by atoms with Gasteiger partial charge in [-0.05, 0) is 45.1 Å². The smallest absolute Gasteiger partial charge is 0.222 e. The molecule has 4 nitrogen and oxygen atoms in total. The Bertz CT molecular complexity index is 255. The van der Waals surface area contributed by atoms with Crippen LogP contribution in [0.5, 0.6) is 0 Å². The van der Waals surface area contributed by atoms with Crippen LogP contribution in [0.25, 0.3) is 0 Å². The van der Waals surface area contributed by atoms with E-state index in [4.69, 9.17) is 10.5 Å². The minimum Gasteiger partial charge on any atom is -0.383 e. The Morgan fingerprint density at radius 3 is 2.58 bits per heavy atom. The molecule has 0 aromatic carbocycles. The van der Waals surface area contributed by atoms with Crippen molar-refractivity contribution >= 4 is 5.91 Å². The maximum atomic E-state index is 12.3. The second kappa shape index (κ2) is 9.32. The topological polar surface area (TPSA) is 55.6 Å². The SMILES string of the molecule is COCCN(C(=O)CCCCCCN)C(C)C1CC1. The standard InChI is InChI=1S/C15H30N2O2/c1-13(14-8-9-14)17(11-12-19-2)15(18)7-5-3-4-6-10-16/h13-14H,3-12,16H2,1-2H3. The van der Waals surface area contributed by atoms with Gasteiger partial charge in [0.05, 0.1) is 6.61 Å². The van der Waals surface area contributed by atoms with E-state index < -0.39 is 0 Å². The molecule has 0 spiro atoms. The Morgan fingerprint density at radius 1 is 1.32 bits per heavy atom. The Labute approximate surface area is 117 Å². The highest BCUT2D eigenvalue weighted by atomic mass is 16.5. The molecule has 0 aromatic heterocycles. The molecule has 1 fully saturated rings. The number of nitrogens with zero attached hydrogens (tertiary/aromatic N) is 1. The summed E-state index contributed by atoms with van der Waals surface area (Å²) >= 11 is 0. The number of hydrogen-bond donors (Lipinski definition) is 1. The third kappa shape index (κ3) is 6.39. The maximum Gasteiger partial charge on any atom is 0.222 e. The van der Waals surface area contributed by atoms with Gasteiger partial charge in [0, 0.05) is 26.1 Å². The highest BCUT2D eigenvalue weighted by Crippen LogP contribution is 2.35. The highest BCUT2D eigenvalue weighted by Gasteiger charge is 2.33.